The molecule has 1 aliphatic rings. The summed E-state index contributed by atoms with van der Waals surface area (Å²) in [6.45, 7) is 3.02. The number of fused-ring (bicyclic) bond motifs is 1. The summed E-state index contributed by atoms with van der Waals surface area (Å²) >= 11 is 3.44. The Labute approximate surface area is 164 Å². The van der Waals surface area contributed by atoms with E-state index >= 15 is 0 Å². The molecule has 4 rings (SSSR count). The molecule has 1 N–H and O–H groups in total. The number of hydrogen-bond acceptors (Lipinski definition) is 5. The van der Waals surface area contributed by atoms with Crippen molar-refractivity contribution in [1.29, 1.82) is 0 Å². The molecule has 3 aromatic rings. The van der Waals surface area contributed by atoms with Gasteiger partial charge in [-0.25, -0.2) is 4.68 Å². The number of carbonyl (C=O) groups excluding carboxylic acids is 1. The number of amides is 1. The number of anilines is 1. The van der Waals surface area contributed by atoms with Crippen molar-refractivity contribution in [3.63, 3.8) is 0 Å². The van der Waals surface area contributed by atoms with Crippen LogP contribution in [0.25, 0.3) is 5.69 Å². The van der Waals surface area contributed by atoms with Crippen LogP contribution in [0.3, 0.4) is 0 Å². The molecule has 0 saturated heterocycles. The molecule has 1 aromatic heterocycles. The first-order valence-corrected chi connectivity index (χ1v) is 9.30. The number of aromatic nitrogens is 3. The second-order valence-corrected chi connectivity index (χ2v) is 7.00. The standard InChI is InChI=1S/C19H17BrN4O3/c1-12-18(22-23-24(12)15-5-2-4-13(20)10-15)19(25)21-14-6-7-16-17(11-14)27-9-3-8-26-16/h2,4-7,10-11H,3,8-9H2,1H3,(H,21,25). The Morgan fingerprint density at radius 1 is 1.15 bits per heavy atom. The van der Waals surface area contributed by atoms with E-state index in [9.17, 15) is 4.79 Å². The van der Waals surface area contributed by atoms with Crippen molar-refractivity contribution in [2.24, 2.45) is 0 Å². The Morgan fingerprint density at radius 2 is 1.96 bits per heavy atom. The van der Waals surface area contributed by atoms with Gasteiger partial charge in [0.1, 0.15) is 0 Å². The Bertz CT molecular complexity index is 1000. The predicted molar refractivity (Wildman–Crippen MR) is 104 cm³/mol. The van der Waals surface area contributed by atoms with E-state index in [0.29, 0.717) is 36.1 Å². The van der Waals surface area contributed by atoms with Crippen molar-refractivity contribution < 1.29 is 14.3 Å². The van der Waals surface area contributed by atoms with E-state index < -0.39 is 0 Å². The normalized spacial score (nSPS) is 13.1. The van der Waals surface area contributed by atoms with E-state index in [1.54, 1.807) is 22.9 Å². The van der Waals surface area contributed by atoms with Gasteiger partial charge in [0.25, 0.3) is 5.91 Å². The lowest BCUT2D eigenvalue weighted by Gasteiger charge is -2.10. The maximum Gasteiger partial charge on any atom is 0.278 e. The second-order valence-electron chi connectivity index (χ2n) is 6.08. The second kappa shape index (κ2) is 7.40. The quantitative estimate of drug-likeness (QED) is 0.686. The molecule has 0 unspecified atom stereocenters. The summed E-state index contributed by atoms with van der Waals surface area (Å²) in [6.07, 6.45) is 0.828. The van der Waals surface area contributed by atoms with E-state index in [4.69, 9.17) is 9.47 Å². The topological polar surface area (TPSA) is 78.3 Å². The Hall–Kier alpha value is -2.87. The van der Waals surface area contributed by atoms with Crippen LogP contribution in [0.2, 0.25) is 0 Å². The van der Waals surface area contributed by atoms with Gasteiger partial charge in [0.2, 0.25) is 0 Å². The molecule has 0 spiro atoms. The van der Waals surface area contributed by atoms with Crippen molar-refractivity contribution in [1.82, 2.24) is 15.0 Å². The Kier molecular flexibility index (Phi) is 4.81. The summed E-state index contributed by atoms with van der Waals surface area (Å²) in [4.78, 5) is 12.7. The van der Waals surface area contributed by atoms with E-state index in [-0.39, 0.29) is 11.6 Å². The zero-order chi connectivity index (χ0) is 18.8. The average molecular weight is 429 g/mol. The molecule has 0 aliphatic carbocycles. The predicted octanol–water partition coefficient (Wildman–Crippen LogP) is 3.75. The third-order valence-corrected chi connectivity index (χ3v) is 4.66. The van der Waals surface area contributed by atoms with E-state index in [1.807, 2.05) is 31.2 Å². The van der Waals surface area contributed by atoms with Crippen LogP contribution in [0, 0.1) is 6.92 Å². The molecule has 0 radical (unpaired) electrons. The molecule has 0 bridgehead atoms. The van der Waals surface area contributed by atoms with Gasteiger partial charge in [-0.3, -0.25) is 4.79 Å². The molecular weight excluding hydrogens is 412 g/mol. The van der Waals surface area contributed by atoms with Gasteiger partial charge in [-0.1, -0.05) is 27.2 Å². The van der Waals surface area contributed by atoms with Crippen LogP contribution in [0.5, 0.6) is 11.5 Å². The summed E-state index contributed by atoms with van der Waals surface area (Å²) in [5, 5.41) is 11.0. The van der Waals surface area contributed by atoms with Crippen LogP contribution >= 0.6 is 15.9 Å². The Morgan fingerprint density at radius 3 is 2.78 bits per heavy atom. The average Bonchev–Trinajstić information content (AvgIpc) is 2.89. The van der Waals surface area contributed by atoms with Crippen LogP contribution in [0.15, 0.2) is 46.9 Å². The lowest BCUT2D eigenvalue weighted by atomic mass is 10.2. The van der Waals surface area contributed by atoms with Crippen molar-refractivity contribution in [3.05, 3.63) is 58.3 Å². The van der Waals surface area contributed by atoms with Gasteiger partial charge in [-0.15, -0.1) is 5.10 Å². The van der Waals surface area contributed by atoms with Crippen LogP contribution in [0.4, 0.5) is 5.69 Å². The zero-order valence-corrected chi connectivity index (χ0v) is 16.2. The van der Waals surface area contributed by atoms with Crippen LogP contribution in [0.1, 0.15) is 22.6 Å². The SMILES string of the molecule is Cc1c(C(=O)Nc2ccc3c(c2)OCCCO3)nnn1-c1cccc(Br)c1. The molecule has 1 amide bonds. The number of hydrogen-bond donors (Lipinski definition) is 1. The fourth-order valence-corrected chi connectivity index (χ4v) is 3.21. The molecule has 2 aromatic carbocycles. The van der Waals surface area contributed by atoms with Crippen LogP contribution < -0.4 is 14.8 Å². The number of benzene rings is 2. The van der Waals surface area contributed by atoms with Crippen molar-refractivity contribution >= 4 is 27.5 Å². The van der Waals surface area contributed by atoms with Crippen molar-refractivity contribution in [3.8, 4) is 17.2 Å². The Balaban J connectivity index is 1.56. The highest BCUT2D eigenvalue weighted by Gasteiger charge is 2.19. The molecular formula is C19H17BrN4O3. The third kappa shape index (κ3) is 3.66. The third-order valence-electron chi connectivity index (χ3n) is 4.17. The maximum absolute atomic E-state index is 12.7. The van der Waals surface area contributed by atoms with Crippen molar-refractivity contribution in [2.75, 3.05) is 18.5 Å². The zero-order valence-electron chi connectivity index (χ0n) is 14.6. The summed E-state index contributed by atoms with van der Waals surface area (Å²) < 4.78 is 13.8. The van der Waals surface area contributed by atoms with E-state index in [0.717, 1.165) is 16.6 Å². The van der Waals surface area contributed by atoms with Crippen molar-refractivity contribution in [2.45, 2.75) is 13.3 Å². The van der Waals surface area contributed by atoms with Crippen LogP contribution in [-0.2, 0) is 0 Å². The highest BCUT2D eigenvalue weighted by molar-refractivity contribution is 9.10. The molecule has 0 saturated carbocycles. The van der Waals surface area contributed by atoms with Crippen LogP contribution in [-0.4, -0.2) is 34.1 Å². The van der Waals surface area contributed by atoms with Gasteiger partial charge in [0.05, 0.1) is 24.6 Å². The van der Waals surface area contributed by atoms with Gasteiger partial charge in [0, 0.05) is 22.6 Å². The monoisotopic (exact) mass is 428 g/mol. The largest absolute Gasteiger partial charge is 0.490 e. The number of halogens is 1. The fraction of sp³-hybridized carbons (Fsp3) is 0.211. The minimum atomic E-state index is -0.330. The molecule has 8 heteroatoms. The summed E-state index contributed by atoms with van der Waals surface area (Å²) in [7, 11) is 0. The van der Waals surface area contributed by atoms with Gasteiger partial charge in [-0.2, -0.15) is 0 Å². The smallest absolute Gasteiger partial charge is 0.278 e. The number of carbonyl (C=O) groups is 1. The van der Waals surface area contributed by atoms with E-state index in [2.05, 4.69) is 31.6 Å². The molecule has 0 atom stereocenters. The lowest BCUT2D eigenvalue weighted by Crippen LogP contribution is -2.14. The lowest BCUT2D eigenvalue weighted by molar-refractivity contribution is 0.102. The van der Waals surface area contributed by atoms with E-state index in [1.165, 1.54) is 0 Å². The minimum Gasteiger partial charge on any atom is -0.490 e. The highest BCUT2D eigenvalue weighted by atomic mass is 79.9. The number of rotatable bonds is 3. The van der Waals surface area contributed by atoms with Gasteiger partial charge < -0.3 is 14.8 Å². The summed E-state index contributed by atoms with van der Waals surface area (Å²) in [5.74, 6) is 0.977. The first-order chi connectivity index (χ1) is 13.1. The molecule has 27 heavy (non-hydrogen) atoms. The summed E-state index contributed by atoms with van der Waals surface area (Å²) in [5.41, 5.74) is 2.35. The first-order valence-electron chi connectivity index (χ1n) is 8.51. The van der Waals surface area contributed by atoms with Gasteiger partial charge >= 0.3 is 0 Å². The number of nitrogens with one attached hydrogen (secondary N) is 1. The molecule has 7 nitrogen and oxygen atoms in total. The van der Waals surface area contributed by atoms with Gasteiger partial charge in [-0.05, 0) is 37.3 Å². The number of nitrogens with zero attached hydrogens (tertiary/aromatic N) is 3. The van der Waals surface area contributed by atoms with Gasteiger partial charge in [0.15, 0.2) is 17.2 Å². The molecule has 1 aliphatic heterocycles. The maximum atomic E-state index is 12.7. The highest BCUT2D eigenvalue weighted by Crippen LogP contribution is 2.32. The minimum absolute atomic E-state index is 0.266. The number of ether oxygens (including phenoxy) is 2. The first kappa shape index (κ1) is 17.5. The summed E-state index contributed by atoms with van der Waals surface area (Å²) in [6, 6.07) is 13.0. The molecule has 138 valence electrons. The molecule has 2 heterocycles. The fourth-order valence-electron chi connectivity index (χ4n) is 2.82. The molecule has 0 fully saturated rings.